The number of hydrogen-bond acceptors (Lipinski definition) is 3. The first-order valence-corrected chi connectivity index (χ1v) is 5.86. The number of carbonyl (C=O) groups is 1. The monoisotopic (exact) mass is 238 g/mol. The van der Waals surface area contributed by atoms with Crippen molar-refractivity contribution in [1.82, 2.24) is 20.4 Å². The number of rotatable bonds is 5. The molecule has 17 heavy (non-hydrogen) atoms. The van der Waals surface area contributed by atoms with Gasteiger partial charge in [-0.05, 0) is 20.8 Å². The third kappa shape index (κ3) is 6.06. The number of carbonyl (C=O) groups excluding carboxylic acids is 1. The summed E-state index contributed by atoms with van der Waals surface area (Å²) in [4.78, 5) is 11.5. The van der Waals surface area contributed by atoms with E-state index in [1.807, 2.05) is 13.2 Å². The van der Waals surface area contributed by atoms with E-state index in [-0.39, 0.29) is 11.4 Å². The average molecular weight is 238 g/mol. The third-order valence-electron chi connectivity index (χ3n) is 2.26. The van der Waals surface area contributed by atoms with Crippen LogP contribution < -0.4 is 10.6 Å². The van der Waals surface area contributed by atoms with Crippen LogP contribution in [0.1, 0.15) is 32.8 Å². The van der Waals surface area contributed by atoms with Crippen LogP contribution in [0.3, 0.4) is 0 Å². The van der Waals surface area contributed by atoms with Gasteiger partial charge in [-0.2, -0.15) is 5.10 Å². The van der Waals surface area contributed by atoms with Gasteiger partial charge >= 0.3 is 0 Å². The Hall–Kier alpha value is -1.36. The van der Waals surface area contributed by atoms with Crippen molar-refractivity contribution in [2.75, 3.05) is 6.54 Å². The molecule has 1 rings (SSSR count). The summed E-state index contributed by atoms with van der Waals surface area (Å²) in [5.41, 5.74) is 1.08. The van der Waals surface area contributed by atoms with Gasteiger partial charge in [0.15, 0.2) is 0 Å². The molecule has 5 heteroatoms. The molecule has 0 aromatic carbocycles. The van der Waals surface area contributed by atoms with Gasteiger partial charge in [-0.25, -0.2) is 0 Å². The molecule has 0 bridgehead atoms. The normalized spacial score (nSPS) is 11.5. The minimum absolute atomic E-state index is 0.0592. The van der Waals surface area contributed by atoms with Crippen molar-refractivity contribution in [2.45, 2.75) is 39.3 Å². The Kier molecular flexibility index (Phi) is 4.69. The van der Waals surface area contributed by atoms with E-state index < -0.39 is 0 Å². The standard InChI is InChI=1S/C12H22N4O/c1-12(2,3)14-6-5-11(17)13-7-10-8-15-16(4)9-10/h8-9,14H,5-7H2,1-4H3,(H,13,17). The summed E-state index contributed by atoms with van der Waals surface area (Å²) in [5.74, 6) is 0.0607. The van der Waals surface area contributed by atoms with Crippen LogP contribution >= 0.6 is 0 Å². The first-order valence-electron chi connectivity index (χ1n) is 5.86. The third-order valence-corrected chi connectivity index (χ3v) is 2.26. The molecule has 0 saturated carbocycles. The molecule has 0 aliphatic rings. The maximum atomic E-state index is 11.5. The fourth-order valence-corrected chi connectivity index (χ4v) is 1.40. The van der Waals surface area contributed by atoms with E-state index in [4.69, 9.17) is 0 Å². The largest absolute Gasteiger partial charge is 0.352 e. The van der Waals surface area contributed by atoms with Gasteiger partial charge in [-0.3, -0.25) is 9.48 Å². The quantitative estimate of drug-likeness (QED) is 0.798. The van der Waals surface area contributed by atoms with Crippen LogP contribution in [0, 0.1) is 0 Å². The van der Waals surface area contributed by atoms with E-state index in [9.17, 15) is 4.79 Å². The van der Waals surface area contributed by atoms with Crippen LogP contribution in [0.4, 0.5) is 0 Å². The Morgan fingerprint density at radius 1 is 1.47 bits per heavy atom. The number of nitrogens with one attached hydrogen (secondary N) is 2. The zero-order chi connectivity index (χ0) is 12.9. The predicted octanol–water partition coefficient (Wildman–Crippen LogP) is 0.814. The minimum Gasteiger partial charge on any atom is -0.352 e. The molecule has 1 heterocycles. The van der Waals surface area contributed by atoms with Crippen molar-refractivity contribution in [3.63, 3.8) is 0 Å². The number of hydrogen-bond donors (Lipinski definition) is 2. The lowest BCUT2D eigenvalue weighted by Gasteiger charge is -2.20. The Morgan fingerprint density at radius 3 is 2.71 bits per heavy atom. The predicted molar refractivity (Wildman–Crippen MR) is 67.4 cm³/mol. The molecule has 5 nitrogen and oxygen atoms in total. The number of aryl methyl sites for hydroxylation is 1. The highest BCUT2D eigenvalue weighted by Gasteiger charge is 2.09. The van der Waals surface area contributed by atoms with Gasteiger partial charge in [0.05, 0.1) is 6.20 Å². The first kappa shape index (κ1) is 13.7. The van der Waals surface area contributed by atoms with Crippen LogP contribution in [0.25, 0.3) is 0 Å². The summed E-state index contributed by atoms with van der Waals surface area (Å²) < 4.78 is 1.72. The molecule has 0 unspecified atom stereocenters. The van der Waals surface area contributed by atoms with Gasteiger partial charge < -0.3 is 10.6 Å². The maximum absolute atomic E-state index is 11.5. The van der Waals surface area contributed by atoms with Crippen LogP contribution in [0.5, 0.6) is 0 Å². The van der Waals surface area contributed by atoms with Gasteiger partial charge in [0.1, 0.15) is 0 Å². The van der Waals surface area contributed by atoms with E-state index in [0.717, 1.165) is 5.56 Å². The second-order valence-corrected chi connectivity index (χ2v) is 5.23. The second kappa shape index (κ2) is 5.82. The maximum Gasteiger partial charge on any atom is 0.221 e. The molecule has 0 fully saturated rings. The summed E-state index contributed by atoms with van der Waals surface area (Å²) in [7, 11) is 1.86. The SMILES string of the molecule is Cn1cc(CNC(=O)CCNC(C)(C)C)cn1. The summed E-state index contributed by atoms with van der Waals surface area (Å²) in [6.07, 6.45) is 4.15. The van der Waals surface area contributed by atoms with Crippen LogP contribution in [0.15, 0.2) is 12.4 Å². The zero-order valence-corrected chi connectivity index (χ0v) is 11.1. The second-order valence-electron chi connectivity index (χ2n) is 5.23. The van der Waals surface area contributed by atoms with E-state index in [1.165, 1.54) is 0 Å². The van der Waals surface area contributed by atoms with E-state index in [2.05, 4.69) is 36.5 Å². The molecule has 2 N–H and O–H groups in total. The van der Waals surface area contributed by atoms with Crippen molar-refractivity contribution in [3.8, 4) is 0 Å². The molecule has 1 aromatic heterocycles. The van der Waals surface area contributed by atoms with Crippen LogP contribution in [-0.4, -0.2) is 27.8 Å². The molecule has 0 atom stereocenters. The molecule has 1 amide bonds. The first-order chi connectivity index (χ1) is 7.87. The Balaban J connectivity index is 2.18. The van der Waals surface area contributed by atoms with E-state index in [1.54, 1.807) is 10.9 Å². The average Bonchev–Trinajstić information content (AvgIpc) is 2.59. The summed E-state index contributed by atoms with van der Waals surface area (Å²) in [5, 5.41) is 10.2. The summed E-state index contributed by atoms with van der Waals surface area (Å²) in [6, 6.07) is 0. The van der Waals surface area contributed by atoms with Gasteiger partial charge in [-0.1, -0.05) is 0 Å². The lowest BCUT2D eigenvalue weighted by atomic mass is 10.1. The fraction of sp³-hybridized carbons (Fsp3) is 0.667. The molecule has 0 radical (unpaired) electrons. The lowest BCUT2D eigenvalue weighted by molar-refractivity contribution is -0.121. The van der Waals surface area contributed by atoms with Crippen molar-refractivity contribution in [2.24, 2.45) is 7.05 Å². The Bertz CT molecular complexity index is 365. The molecule has 96 valence electrons. The van der Waals surface area contributed by atoms with E-state index >= 15 is 0 Å². The highest BCUT2D eigenvalue weighted by molar-refractivity contribution is 5.76. The highest BCUT2D eigenvalue weighted by atomic mass is 16.1. The van der Waals surface area contributed by atoms with Gasteiger partial charge in [0, 0.05) is 43.9 Å². The highest BCUT2D eigenvalue weighted by Crippen LogP contribution is 1.98. The van der Waals surface area contributed by atoms with E-state index in [0.29, 0.717) is 19.5 Å². The molecular weight excluding hydrogens is 216 g/mol. The summed E-state index contributed by atoms with van der Waals surface area (Å²) >= 11 is 0. The number of nitrogens with zero attached hydrogens (tertiary/aromatic N) is 2. The lowest BCUT2D eigenvalue weighted by Crippen LogP contribution is -2.38. The molecule has 1 aromatic rings. The zero-order valence-electron chi connectivity index (χ0n) is 11.1. The smallest absolute Gasteiger partial charge is 0.221 e. The fourth-order valence-electron chi connectivity index (χ4n) is 1.40. The molecular formula is C12H22N4O. The van der Waals surface area contributed by atoms with Crippen molar-refractivity contribution in [1.29, 1.82) is 0 Å². The van der Waals surface area contributed by atoms with Crippen molar-refractivity contribution >= 4 is 5.91 Å². The van der Waals surface area contributed by atoms with Crippen molar-refractivity contribution < 1.29 is 4.79 Å². The number of amides is 1. The van der Waals surface area contributed by atoms with Gasteiger partial charge in [-0.15, -0.1) is 0 Å². The topological polar surface area (TPSA) is 59.0 Å². The molecule has 0 aliphatic heterocycles. The van der Waals surface area contributed by atoms with Gasteiger partial charge in [0.2, 0.25) is 5.91 Å². The number of aromatic nitrogens is 2. The van der Waals surface area contributed by atoms with Gasteiger partial charge in [0.25, 0.3) is 0 Å². The Morgan fingerprint density at radius 2 is 2.18 bits per heavy atom. The Labute approximate surface area is 103 Å². The van der Waals surface area contributed by atoms with Crippen molar-refractivity contribution in [3.05, 3.63) is 18.0 Å². The summed E-state index contributed by atoms with van der Waals surface area (Å²) in [6.45, 7) is 7.49. The van der Waals surface area contributed by atoms with Crippen LogP contribution in [-0.2, 0) is 18.4 Å². The molecule has 0 aliphatic carbocycles. The minimum atomic E-state index is 0.0592. The molecule has 0 spiro atoms. The van der Waals surface area contributed by atoms with Crippen LogP contribution in [0.2, 0.25) is 0 Å². The molecule has 0 saturated heterocycles.